The van der Waals surface area contributed by atoms with Gasteiger partial charge < -0.3 is 58.3 Å². The fourth-order valence-corrected chi connectivity index (χ4v) is 7.96. The first-order valence-corrected chi connectivity index (χ1v) is 19.5. The second-order valence-electron chi connectivity index (χ2n) is 14.7. The summed E-state index contributed by atoms with van der Waals surface area (Å²) in [5.41, 5.74) is 4.53. The fraction of sp³-hybridized carbons (Fsp3) is 0.455. The lowest BCUT2D eigenvalue weighted by Crippen LogP contribution is -2.23. The number of aliphatic hydroxyl groups excluding tert-OH is 4. The van der Waals surface area contributed by atoms with E-state index in [0.717, 1.165) is 107 Å². The molecule has 0 spiro atoms. The number of benzene rings is 4. The standard InChI is InChI=1S/2C22H26O6/c2*23-7-1-2-17(8-15-3-5-19-21(10-15)27-13-25-19)18(12-24)9-16-4-6-20-22(11-16)28-14-26-20/h2*3-6,10-11,17-18,23-24H,1-2,7-9,12-14H2/t2*17-,18+/m10/s1. The second kappa shape index (κ2) is 19.3. The predicted octanol–water partition coefficient (Wildman–Crippen LogP) is 5.85. The van der Waals surface area contributed by atoms with Gasteiger partial charge in [0.15, 0.2) is 46.0 Å². The normalized spacial score (nSPS) is 16.2. The van der Waals surface area contributed by atoms with Gasteiger partial charge in [0.05, 0.1) is 0 Å². The highest BCUT2D eigenvalue weighted by Crippen LogP contribution is 2.38. The Morgan fingerprint density at radius 2 is 0.625 bits per heavy atom. The SMILES string of the molecule is OCCC[C@@H](Cc1ccc2c(c1)OCO2)[C@@H](CO)Cc1ccc2c(c1)OCO2.OCCC[C@H](Cc1ccc2c(c1)OCO2)[C@H](CO)Cc1ccc2c(c1)OCO2. The summed E-state index contributed by atoms with van der Waals surface area (Å²) in [5, 5.41) is 38.9. The van der Waals surface area contributed by atoms with Crippen molar-refractivity contribution in [3.8, 4) is 46.0 Å². The second-order valence-corrected chi connectivity index (χ2v) is 14.7. The molecular weight excluding hydrogens is 720 g/mol. The largest absolute Gasteiger partial charge is 0.454 e. The Morgan fingerprint density at radius 3 is 0.893 bits per heavy atom. The summed E-state index contributed by atoms with van der Waals surface area (Å²) in [6, 6.07) is 23.9. The van der Waals surface area contributed by atoms with Gasteiger partial charge in [-0.25, -0.2) is 0 Å². The molecule has 4 aliphatic heterocycles. The molecule has 0 saturated carbocycles. The van der Waals surface area contributed by atoms with Crippen molar-refractivity contribution in [2.45, 2.75) is 51.4 Å². The van der Waals surface area contributed by atoms with E-state index in [4.69, 9.17) is 37.9 Å². The summed E-state index contributed by atoms with van der Waals surface area (Å²) in [5.74, 6) is 6.78. The summed E-state index contributed by atoms with van der Waals surface area (Å²) in [4.78, 5) is 0. The van der Waals surface area contributed by atoms with Crippen LogP contribution in [0.4, 0.5) is 0 Å². The van der Waals surface area contributed by atoms with E-state index in [1.54, 1.807) is 0 Å². The van der Waals surface area contributed by atoms with Crippen molar-refractivity contribution in [1.82, 2.24) is 0 Å². The minimum atomic E-state index is 0.0809. The molecule has 12 nitrogen and oxygen atoms in total. The zero-order chi connectivity index (χ0) is 38.7. The minimum Gasteiger partial charge on any atom is -0.454 e. The summed E-state index contributed by atoms with van der Waals surface area (Å²) in [6.07, 6.45) is 6.24. The highest BCUT2D eigenvalue weighted by Gasteiger charge is 2.26. The summed E-state index contributed by atoms with van der Waals surface area (Å²) in [7, 11) is 0. The van der Waals surface area contributed by atoms with Crippen LogP contribution in [-0.4, -0.2) is 74.0 Å². The molecule has 4 aromatic rings. The highest BCUT2D eigenvalue weighted by molar-refractivity contribution is 5.47. The third-order valence-electron chi connectivity index (χ3n) is 11.0. The van der Waals surface area contributed by atoms with Crippen LogP contribution in [0.15, 0.2) is 72.8 Å². The lowest BCUT2D eigenvalue weighted by molar-refractivity contribution is 0.158. The maximum Gasteiger partial charge on any atom is 0.231 e. The molecule has 0 radical (unpaired) electrons. The zero-order valence-electron chi connectivity index (χ0n) is 31.6. The maximum absolute atomic E-state index is 10.1. The first kappa shape index (κ1) is 39.4. The molecule has 0 bridgehead atoms. The van der Waals surface area contributed by atoms with Gasteiger partial charge in [-0.15, -0.1) is 0 Å². The molecule has 4 aromatic carbocycles. The molecule has 0 fully saturated rings. The molecule has 56 heavy (non-hydrogen) atoms. The van der Waals surface area contributed by atoms with E-state index in [1.165, 1.54) is 0 Å². The van der Waals surface area contributed by atoms with Crippen LogP contribution in [0.3, 0.4) is 0 Å². The number of hydrogen-bond acceptors (Lipinski definition) is 12. The first-order valence-electron chi connectivity index (χ1n) is 19.5. The van der Waals surface area contributed by atoms with Gasteiger partial charge >= 0.3 is 0 Å². The molecule has 0 saturated heterocycles. The molecule has 300 valence electrons. The number of fused-ring (bicyclic) bond motifs is 4. The monoisotopic (exact) mass is 772 g/mol. The van der Waals surface area contributed by atoms with Gasteiger partial charge in [-0.2, -0.15) is 0 Å². The Hall–Kier alpha value is -4.88. The van der Waals surface area contributed by atoms with Crippen molar-refractivity contribution < 1.29 is 58.3 Å². The molecule has 4 heterocycles. The Bertz CT molecular complexity index is 1750. The van der Waals surface area contributed by atoms with Crippen LogP contribution in [0.5, 0.6) is 46.0 Å². The topological polar surface area (TPSA) is 155 Å². The van der Waals surface area contributed by atoms with Gasteiger partial charge in [0.25, 0.3) is 0 Å². The van der Waals surface area contributed by atoms with E-state index in [2.05, 4.69) is 12.1 Å². The average molecular weight is 773 g/mol. The third-order valence-corrected chi connectivity index (χ3v) is 11.0. The molecule has 4 atom stereocenters. The first-order chi connectivity index (χ1) is 27.5. The van der Waals surface area contributed by atoms with Crippen LogP contribution < -0.4 is 37.9 Å². The summed E-state index contributed by atoms with van der Waals surface area (Å²) in [6.45, 7) is 1.52. The lowest BCUT2D eigenvalue weighted by Gasteiger charge is -2.26. The molecule has 0 aliphatic carbocycles. The van der Waals surface area contributed by atoms with Crippen LogP contribution >= 0.6 is 0 Å². The van der Waals surface area contributed by atoms with Crippen molar-refractivity contribution in [2.24, 2.45) is 23.7 Å². The van der Waals surface area contributed by atoms with Gasteiger partial charge in [0, 0.05) is 26.4 Å². The predicted molar refractivity (Wildman–Crippen MR) is 206 cm³/mol. The number of aliphatic hydroxyl groups is 4. The molecule has 4 N–H and O–H groups in total. The van der Waals surface area contributed by atoms with Crippen LogP contribution in [0, 0.1) is 23.7 Å². The van der Waals surface area contributed by atoms with E-state index in [9.17, 15) is 20.4 Å². The van der Waals surface area contributed by atoms with Crippen molar-refractivity contribution in [2.75, 3.05) is 53.6 Å². The van der Waals surface area contributed by atoms with Gasteiger partial charge in [-0.3, -0.25) is 0 Å². The maximum atomic E-state index is 10.1. The Kier molecular flexibility index (Phi) is 13.6. The van der Waals surface area contributed by atoms with Crippen molar-refractivity contribution >= 4 is 0 Å². The lowest BCUT2D eigenvalue weighted by atomic mass is 9.80. The van der Waals surface area contributed by atoms with E-state index < -0.39 is 0 Å². The van der Waals surface area contributed by atoms with E-state index >= 15 is 0 Å². The number of ether oxygens (including phenoxy) is 8. The Balaban J connectivity index is 0.000000172. The van der Waals surface area contributed by atoms with Gasteiger partial charge in [-0.05, 0) is 146 Å². The third kappa shape index (κ3) is 9.91. The molecule has 12 heteroatoms. The molecule has 0 aromatic heterocycles. The fourth-order valence-electron chi connectivity index (χ4n) is 7.96. The quantitative estimate of drug-likeness (QED) is 0.0959. The Labute approximate surface area is 327 Å². The zero-order valence-corrected chi connectivity index (χ0v) is 31.6. The van der Waals surface area contributed by atoms with E-state index in [1.807, 2.05) is 60.7 Å². The summed E-state index contributed by atoms with van der Waals surface area (Å²) >= 11 is 0. The van der Waals surface area contributed by atoms with Crippen LogP contribution in [-0.2, 0) is 25.7 Å². The smallest absolute Gasteiger partial charge is 0.231 e. The van der Waals surface area contributed by atoms with Crippen LogP contribution in [0.1, 0.15) is 47.9 Å². The van der Waals surface area contributed by atoms with E-state index in [0.29, 0.717) is 12.8 Å². The number of hydrogen-bond donors (Lipinski definition) is 4. The van der Waals surface area contributed by atoms with Gasteiger partial charge in [-0.1, -0.05) is 24.3 Å². The van der Waals surface area contributed by atoms with Crippen molar-refractivity contribution in [3.05, 3.63) is 95.1 Å². The molecule has 4 aliphatic rings. The Morgan fingerprint density at radius 1 is 0.357 bits per heavy atom. The average Bonchev–Trinajstić information content (AvgIpc) is 4.06. The highest BCUT2D eigenvalue weighted by atomic mass is 16.7. The van der Waals surface area contributed by atoms with Crippen LogP contribution in [0.2, 0.25) is 0 Å². The van der Waals surface area contributed by atoms with Crippen molar-refractivity contribution in [3.63, 3.8) is 0 Å². The number of rotatable bonds is 18. The molecular formula is C44H52O12. The van der Waals surface area contributed by atoms with Crippen LogP contribution in [0.25, 0.3) is 0 Å². The van der Waals surface area contributed by atoms with Crippen molar-refractivity contribution in [1.29, 1.82) is 0 Å². The van der Waals surface area contributed by atoms with Gasteiger partial charge in [0.2, 0.25) is 27.2 Å². The minimum absolute atomic E-state index is 0.0809. The molecule has 0 amide bonds. The summed E-state index contributed by atoms with van der Waals surface area (Å²) < 4.78 is 43.5. The molecule has 0 unspecified atom stereocenters. The van der Waals surface area contributed by atoms with E-state index in [-0.39, 0.29) is 77.3 Å². The van der Waals surface area contributed by atoms with Gasteiger partial charge in [0.1, 0.15) is 0 Å². The molecule has 8 rings (SSSR count).